The molecule has 186 valence electrons. The van der Waals surface area contributed by atoms with Gasteiger partial charge in [0.2, 0.25) is 0 Å². The minimum Gasteiger partial charge on any atom is -0.494 e. The molecule has 1 amide bonds. The number of nitrogens with zero attached hydrogens (tertiary/aromatic N) is 5. The van der Waals surface area contributed by atoms with E-state index in [0.717, 1.165) is 34.6 Å². The topological polar surface area (TPSA) is 111 Å². The van der Waals surface area contributed by atoms with Crippen LogP contribution in [-0.4, -0.2) is 66.9 Å². The fourth-order valence-corrected chi connectivity index (χ4v) is 6.35. The van der Waals surface area contributed by atoms with Crippen LogP contribution in [0, 0.1) is 11.8 Å². The van der Waals surface area contributed by atoms with E-state index in [9.17, 15) is 9.90 Å². The molecule has 1 saturated heterocycles. The van der Waals surface area contributed by atoms with Crippen LogP contribution < -0.4 is 10.5 Å². The van der Waals surface area contributed by atoms with Gasteiger partial charge in [0, 0.05) is 43.3 Å². The fourth-order valence-electron chi connectivity index (χ4n) is 6.35. The molecular weight excluding hydrogens is 456 g/mol. The van der Waals surface area contributed by atoms with Gasteiger partial charge >= 0.3 is 0 Å². The maximum Gasteiger partial charge on any atom is 0.254 e. The second-order valence-electron chi connectivity index (χ2n) is 10.6. The Labute approximate surface area is 208 Å². The van der Waals surface area contributed by atoms with Crippen molar-refractivity contribution in [3.05, 3.63) is 42.1 Å². The molecule has 3 N–H and O–H groups in total. The van der Waals surface area contributed by atoms with Gasteiger partial charge in [-0.2, -0.15) is 0 Å². The molecule has 4 heterocycles. The van der Waals surface area contributed by atoms with Crippen LogP contribution in [-0.2, 0) is 13.6 Å². The minimum atomic E-state index is -0.572. The van der Waals surface area contributed by atoms with Gasteiger partial charge in [0.05, 0.1) is 30.5 Å². The number of aliphatic hydroxyl groups excluding tert-OH is 1. The summed E-state index contributed by atoms with van der Waals surface area (Å²) in [5, 5.41) is 11.5. The number of methoxy groups -OCH3 is 1. The zero-order chi connectivity index (χ0) is 24.7. The summed E-state index contributed by atoms with van der Waals surface area (Å²) in [7, 11) is 3.59. The number of ether oxygens (including phenoxy) is 1. The third-order valence-corrected chi connectivity index (χ3v) is 8.35. The molecule has 0 radical (unpaired) electrons. The molecule has 7 rings (SSSR count). The molecule has 3 aliphatic rings. The third-order valence-electron chi connectivity index (χ3n) is 8.35. The van der Waals surface area contributed by atoms with Gasteiger partial charge in [-0.3, -0.25) is 4.79 Å². The number of amides is 1. The second kappa shape index (κ2) is 7.78. The summed E-state index contributed by atoms with van der Waals surface area (Å²) in [4.78, 5) is 25.0. The Morgan fingerprint density at radius 2 is 2.11 bits per heavy atom. The van der Waals surface area contributed by atoms with Crippen molar-refractivity contribution >= 4 is 28.0 Å². The lowest BCUT2D eigenvalue weighted by Crippen LogP contribution is -2.48. The Kier molecular flexibility index (Phi) is 4.72. The van der Waals surface area contributed by atoms with Gasteiger partial charge in [0.25, 0.3) is 5.91 Å². The summed E-state index contributed by atoms with van der Waals surface area (Å²) in [5.74, 6) is 2.07. The third kappa shape index (κ3) is 3.12. The van der Waals surface area contributed by atoms with E-state index in [2.05, 4.69) is 21.7 Å². The number of pyridine rings is 1. The van der Waals surface area contributed by atoms with Crippen LogP contribution >= 0.6 is 0 Å². The molecule has 2 saturated carbocycles. The van der Waals surface area contributed by atoms with E-state index >= 15 is 0 Å². The largest absolute Gasteiger partial charge is 0.494 e. The zero-order valence-corrected chi connectivity index (χ0v) is 20.5. The number of benzene rings is 1. The van der Waals surface area contributed by atoms with Gasteiger partial charge in [0.1, 0.15) is 16.9 Å². The van der Waals surface area contributed by atoms with E-state index in [1.807, 2.05) is 29.9 Å². The quantitative estimate of drug-likeness (QED) is 0.449. The van der Waals surface area contributed by atoms with Crippen LogP contribution in [0.1, 0.15) is 29.6 Å². The molecule has 0 spiro atoms. The number of nitrogens with two attached hydrogens (primary N) is 1. The van der Waals surface area contributed by atoms with E-state index in [4.69, 9.17) is 15.5 Å². The van der Waals surface area contributed by atoms with Crippen LogP contribution in [0.4, 0.5) is 0 Å². The number of carbonyl (C=O) groups excluding carboxylic acids is 1. The molecule has 2 bridgehead atoms. The van der Waals surface area contributed by atoms with E-state index in [1.165, 1.54) is 12.8 Å². The summed E-state index contributed by atoms with van der Waals surface area (Å²) >= 11 is 0. The molecule has 3 aromatic heterocycles. The smallest absolute Gasteiger partial charge is 0.254 e. The molecule has 1 aliphatic heterocycles. The molecule has 3 fully saturated rings. The molecule has 36 heavy (non-hydrogen) atoms. The Morgan fingerprint density at radius 1 is 1.28 bits per heavy atom. The molecule has 9 heteroatoms. The first-order valence-corrected chi connectivity index (χ1v) is 12.7. The van der Waals surface area contributed by atoms with Gasteiger partial charge in [-0.1, -0.05) is 0 Å². The molecule has 1 aromatic carbocycles. The van der Waals surface area contributed by atoms with Crippen molar-refractivity contribution in [1.29, 1.82) is 0 Å². The molecule has 1 unspecified atom stereocenters. The Bertz CT molecular complexity index is 1520. The lowest BCUT2D eigenvalue weighted by molar-refractivity contribution is 0.0394. The Morgan fingerprint density at radius 3 is 2.83 bits per heavy atom. The SMILES string of the molecule is COc1cc(C(=O)N2C[C@H]3C[C@H](O)[C@@H]2C3N)cc2nc(-c3cc4cccnc4n3CC3CC3)n(C)c12. The highest BCUT2D eigenvalue weighted by Crippen LogP contribution is 2.40. The van der Waals surface area contributed by atoms with Crippen LogP contribution in [0.5, 0.6) is 5.75 Å². The lowest BCUT2D eigenvalue weighted by atomic mass is 10.1. The first-order valence-electron chi connectivity index (χ1n) is 12.7. The van der Waals surface area contributed by atoms with Crippen LogP contribution in [0.15, 0.2) is 36.5 Å². The highest BCUT2D eigenvalue weighted by atomic mass is 16.5. The predicted octanol–water partition coefficient (Wildman–Crippen LogP) is 2.54. The highest BCUT2D eigenvalue weighted by molar-refractivity contribution is 6.00. The van der Waals surface area contributed by atoms with Crippen molar-refractivity contribution in [3.63, 3.8) is 0 Å². The van der Waals surface area contributed by atoms with Crippen molar-refractivity contribution < 1.29 is 14.6 Å². The minimum absolute atomic E-state index is 0.142. The summed E-state index contributed by atoms with van der Waals surface area (Å²) in [6.45, 7) is 1.49. The number of aryl methyl sites for hydroxylation is 1. The molecule has 4 atom stereocenters. The van der Waals surface area contributed by atoms with E-state index < -0.39 is 6.10 Å². The number of aromatic nitrogens is 4. The maximum absolute atomic E-state index is 13.6. The Hall–Kier alpha value is -3.43. The normalized spacial score (nSPS) is 25.4. The van der Waals surface area contributed by atoms with Crippen molar-refractivity contribution in [2.24, 2.45) is 24.6 Å². The molecule has 4 aromatic rings. The van der Waals surface area contributed by atoms with E-state index in [-0.39, 0.29) is 23.9 Å². The van der Waals surface area contributed by atoms with Crippen molar-refractivity contribution in [2.75, 3.05) is 13.7 Å². The van der Waals surface area contributed by atoms with Crippen LogP contribution in [0.3, 0.4) is 0 Å². The average molecular weight is 487 g/mol. The van der Waals surface area contributed by atoms with E-state index in [0.29, 0.717) is 35.7 Å². The number of likely N-dealkylation sites (tertiary alicyclic amines) is 1. The first-order chi connectivity index (χ1) is 17.4. The predicted molar refractivity (Wildman–Crippen MR) is 136 cm³/mol. The standard InChI is InChI=1S/C27H30N6O3/c1-31-23-18(30-26(31)19-9-15-4-3-7-29-25(15)32(19)12-14-5-6-14)8-16(11-21(23)36-2)27(35)33-13-17-10-20(34)24(33)22(17)28/h3-4,7-9,11,14,17,20,22,24,34H,5-6,10,12-13,28H2,1-2H3/t17-,20+,22?,24-/m1/s1. The summed E-state index contributed by atoms with van der Waals surface area (Å²) in [5.41, 5.74) is 10.3. The number of imidazole rings is 1. The van der Waals surface area contributed by atoms with Crippen LogP contribution in [0.2, 0.25) is 0 Å². The Balaban J connectivity index is 1.34. The average Bonchev–Trinajstić information content (AvgIpc) is 3.32. The van der Waals surface area contributed by atoms with Gasteiger partial charge in [-0.25, -0.2) is 9.97 Å². The summed E-state index contributed by atoms with van der Waals surface area (Å²) in [6, 6.07) is 9.28. The number of aliphatic hydroxyl groups is 1. The number of carbonyl (C=O) groups is 1. The zero-order valence-electron chi connectivity index (χ0n) is 20.5. The fraction of sp³-hybridized carbons (Fsp3) is 0.444. The number of hydrogen-bond donors (Lipinski definition) is 2. The van der Waals surface area contributed by atoms with Gasteiger partial charge in [0.15, 0.2) is 5.82 Å². The second-order valence-corrected chi connectivity index (χ2v) is 10.6. The maximum atomic E-state index is 13.6. The first kappa shape index (κ1) is 21.8. The molecular formula is C27H30N6O3. The van der Waals surface area contributed by atoms with Crippen molar-refractivity contribution in [1.82, 2.24) is 24.0 Å². The van der Waals surface area contributed by atoms with Crippen molar-refractivity contribution in [3.8, 4) is 17.3 Å². The van der Waals surface area contributed by atoms with Crippen LogP contribution in [0.25, 0.3) is 33.6 Å². The summed E-state index contributed by atoms with van der Waals surface area (Å²) < 4.78 is 10.1. The van der Waals surface area contributed by atoms with Crippen molar-refractivity contribution in [2.45, 2.75) is 44.0 Å². The highest BCUT2D eigenvalue weighted by Gasteiger charge is 2.52. The van der Waals surface area contributed by atoms with Gasteiger partial charge in [-0.05, 0) is 61.4 Å². The van der Waals surface area contributed by atoms with Gasteiger partial charge in [-0.15, -0.1) is 0 Å². The molecule has 2 aliphatic carbocycles. The number of piperidine rings is 1. The lowest BCUT2D eigenvalue weighted by Gasteiger charge is -2.30. The number of fused-ring (bicyclic) bond motifs is 4. The monoisotopic (exact) mass is 486 g/mol. The van der Waals surface area contributed by atoms with E-state index in [1.54, 1.807) is 18.1 Å². The summed E-state index contributed by atoms with van der Waals surface area (Å²) in [6.07, 6.45) is 4.40. The molecule has 9 nitrogen and oxygen atoms in total. The number of hydrogen-bond acceptors (Lipinski definition) is 6. The number of rotatable bonds is 5. The van der Waals surface area contributed by atoms with Gasteiger partial charge < -0.3 is 29.6 Å².